The number of para-hydroxylation sites is 1. The Hall–Kier alpha value is -2.28. The number of aromatic nitrogens is 2. The van der Waals surface area contributed by atoms with Crippen molar-refractivity contribution >= 4 is 0 Å². The minimum Gasteiger partial charge on any atom is -0.486 e. The summed E-state index contributed by atoms with van der Waals surface area (Å²) >= 11 is 0. The standard InChI is InChI=1S/C17H19N3O/c18-12-14-6-4-5-9-17(14)21-13-15-10-11-20(19-15)16-7-2-1-3-8-16/h4-6,9-11,16H,1-3,7-8,13H2. The van der Waals surface area contributed by atoms with E-state index < -0.39 is 0 Å². The van der Waals surface area contributed by atoms with Crippen LogP contribution in [0.4, 0.5) is 0 Å². The van der Waals surface area contributed by atoms with Crippen LogP contribution in [0.3, 0.4) is 0 Å². The Bertz CT molecular complexity index is 635. The first kappa shape index (κ1) is 13.7. The van der Waals surface area contributed by atoms with Crippen LogP contribution in [-0.2, 0) is 6.61 Å². The van der Waals surface area contributed by atoms with E-state index in [2.05, 4.69) is 15.8 Å². The van der Waals surface area contributed by atoms with Crippen LogP contribution >= 0.6 is 0 Å². The Morgan fingerprint density at radius 1 is 1.19 bits per heavy atom. The van der Waals surface area contributed by atoms with Gasteiger partial charge in [-0.05, 0) is 31.0 Å². The summed E-state index contributed by atoms with van der Waals surface area (Å²) in [7, 11) is 0. The summed E-state index contributed by atoms with van der Waals surface area (Å²) in [4.78, 5) is 0. The summed E-state index contributed by atoms with van der Waals surface area (Å²) in [5, 5.41) is 13.7. The highest BCUT2D eigenvalue weighted by atomic mass is 16.5. The molecule has 0 unspecified atom stereocenters. The number of hydrogen-bond donors (Lipinski definition) is 0. The summed E-state index contributed by atoms with van der Waals surface area (Å²) in [5.74, 6) is 0.618. The van der Waals surface area contributed by atoms with Gasteiger partial charge in [0.05, 0.1) is 17.3 Å². The summed E-state index contributed by atoms with van der Waals surface area (Å²) in [5.41, 5.74) is 1.47. The second-order valence-corrected chi connectivity index (χ2v) is 5.48. The molecular formula is C17H19N3O. The van der Waals surface area contributed by atoms with Gasteiger partial charge in [0, 0.05) is 6.20 Å². The Labute approximate surface area is 125 Å². The molecule has 0 radical (unpaired) electrons. The average Bonchev–Trinajstić information content (AvgIpc) is 3.03. The zero-order chi connectivity index (χ0) is 14.5. The average molecular weight is 281 g/mol. The maximum atomic E-state index is 9.04. The van der Waals surface area contributed by atoms with Gasteiger partial charge in [0.2, 0.25) is 0 Å². The van der Waals surface area contributed by atoms with E-state index in [1.54, 1.807) is 6.07 Å². The monoisotopic (exact) mass is 281 g/mol. The van der Waals surface area contributed by atoms with E-state index in [9.17, 15) is 0 Å². The maximum Gasteiger partial charge on any atom is 0.137 e. The highest BCUT2D eigenvalue weighted by Crippen LogP contribution is 2.27. The van der Waals surface area contributed by atoms with E-state index >= 15 is 0 Å². The number of rotatable bonds is 4. The molecule has 1 aromatic carbocycles. The van der Waals surface area contributed by atoms with Crippen LogP contribution in [0, 0.1) is 11.3 Å². The third-order valence-corrected chi connectivity index (χ3v) is 4.00. The quantitative estimate of drug-likeness (QED) is 0.855. The molecule has 1 heterocycles. The third-order valence-electron chi connectivity index (χ3n) is 4.00. The number of benzene rings is 1. The molecule has 2 aromatic rings. The second kappa shape index (κ2) is 6.45. The molecule has 0 amide bonds. The number of ether oxygens (including phenoxy) is 1. The fraction of sp³-hybridized carbons (Fsp3) is 0.412. The van der Waals surface area contributed by atoms with E-state index in [0.29, 0.717) is 24.0 Å². The first-order valence-corrected chi connectivity index (χ1v) is 7.53. The lowest BCUT2D eigenvalue weighted by atomic mass is 9.96. The highest BCUT2D eigenvalue weighted by Gasteiger charge is 2.16. The zero-order valence-electron chi connectivity index (χ0n) is 12.0. The van der Waals surface area contributed by atoms with Crippen molar-refractivity contribution in [2.24, 2.45) is 0 Å². The van der Waals surface area contributed by atoms with Gasteiger partial charge in [-0.3, -0.25) is 4.68 Å². The SMILES string of the molecule is N#Cc1ccccc1OCc1ccn(C2CCCCC2)n1. The van der Waals surface area contributed by atoms with Crippen LogP contribution < -0.4 is 4.74 Å². The van der Waals surface area contributed by atoms with Gasteiger partial charge in [-0.25, -0.2) is 0 Å². The topological polar surface area (TPSA) is 50.8 Å². The van der Waals surface area contributed by atoms with Gasteiger partial charge in [-0.1, -0.05) is 31.4 Å². The third kappa shape index (κ3) is 3.25. The molecule has 21 heavy (non-hydrogen) atoms. The van der Waals surface area contributed by atoms with Crippen molar-refractivity contribution in [1.29, 1.82) is 5.26 Å². The number of nitrogens with zero attached hydrogens (tertiary/aromatic N) is 3. The van der Waals surface area contributed by atoms with Gasteiger partial charge < -0.3 is 4.74 Å². The van der Waals surface area contributed by atoms with Crippen molar-refractivity contribution < 1.29 is 4.74 Å². The molecule has 0 bridgehead atoms. The highest BCUT2D eigenvalue weighted by molar-refractivity contribution is 5.42. The summed E-state index contributed by atoms with van der Waals surface area (Å²) in [6.07, 6.45) is 8.43. The first-order valence-electron chi connectivity index (χ1n) is 7.53. The van der Waals surface area contributed by atoms with Crippen molar-refractivity contribution in [2.75, 3.05) is 0 Å². The lowest BCUT2D eigenvalue weighted by Crippen LogP contribution is -2.13. The Morgan fingerprint density at radius 2 is 2.00 bits per heavy atom. The smallest absolute Gasteiger partial charge is 0.137 e. The maximum absolute atomic E-state index is 9.04. The first-order chi connectivity index (χ1) is 10.4. The zero-order valence-corrected chi connectivity index (χ0v) is 12.0. The van der Waals surface area contributed by atoms with Gasteiger partial charge in [0.15, 0.2) is 0 Å². The largest absolute Gasteiger partial charge is 0.486 e. The fourth-order valence-corrected chi connectivity index (χ4v) is 2.84. The molecule has 0 saturated heterocycles. The van der Waals surface area contributed by atoms with Crippen molar-refractivity contribution in [1.82, 2.24) is 9.78 Å². The molecule has 108 valence electrons. The van der Waals surface area contributed by atoms with Crippen LogP contribution in [0.25, 0.3) is 0 Å². The Balaban J connectivity index is 1.63. The summed E-state index contributed by atoms with van der Waals surface area (Å²) in [6.45, 7) is 0.401. The van der Waals surface area contributed by atoms with Crippen LogP contribution in [0.1, 0.15) is 49.4 Å². The van der Waals surface area contributed by atoms with E-state index in [1.807, 2.05) is 30.5 Å². The molecule has 1 fully saturated rings. The fourth-order valence-electron chi connectivity index (χ4n) is 2.84. The van der Waals surface area contributed by atoms with E-state index in [4.69, 9.17) is 10.00 Å². The van der Waals surface area contributed by atoms with Gasteiger partial charge in [0.25, 0.3) is 0 Å². The van der Waals surface area contributed by atoms with Gasteiger partial charge in [0.1, 0.15) is 18.4 Å². The summed E-state index contributed by atoms with van der Waals surface area (Å²) in [6, 6.07) is 12.0. The van der Waals surface area contributed by atoms with Gasteiger partial charge >= 0.3 is 0 Å². The molecule has 0 aliphatic heterocycles. The van der Waals surface area contributed by atoms with E-state index in [1.165, 1.54) is 32.1 Å². The van der Waals surface area contributed by atoms with Crippen LogP contribution in [0.5, 0.6) is 5.75 Å². The molecule has 4 heteroatoms. The van der Waals surface area contributed by atoms with Gasteiger partial charge in [-0.2, -0.15) is 10.4 Å². The second-order valence-electron chi connectivity index (χ2n) is 5.48. The predicted octanol–water partition coefficient (Wildman–Crippen LogP) is 3.84. The molecular weight excluding hydrogens is 262 g/mol. The molecule has 4 nitrogen and oxygen atoms in total. The van der Waals surface area contributed by atoms with E-state index in [0.717, 1.165) is 5.69 Å². The molecule has 1 aliphatic rings. The number of nitriles is 1. The summed E-state index contributed by atoms with van der Waals surface area (Å²) < 4.78 is 7.79. The molecule has 0 N–H and O–H groups in total. The Kier molecular flexibility index (Phi) is 4.20. The molecule has 0 atom stereocenters. The van der Waals surface area contributed by atoms with Crippen molar-refractivity contribution in [3.05, 3.63) is 47.8 Å². The predicted molar refractivity (Wildman–Crippen MR) is 79.8 cm³/mol. The van der Waals surface area contributed by atoms with Crippen LogP contribution in [-0.4, -0.2) is 9.78 Å². The minimum atomic E-state index is 0.401. The minimum absolute atomic E-state index is 0.401. The molecule has 1 aliphatic carbocycles. The van der Waals surface area contributed by atoms with Crippen molar-refractivity contribution in [3.63, 3.8) is 0 Å². The molecule has 3 rings (SSSR count). The molecule has 1 saturated carbocycles. The van der Waals surface area contributed by atoms with Crippen LogP contribution in [0.15, 0.2) is 36.5 Å². The normalized spacial score (nSPS) is 15.6. The van der Waals surface area contributed by atoms with Gasteiger partial charge in [-0.15, -0.1) is 0 Å². The molecule has 0 spiro atoms. The Morgan fingerprint density at radius 3 is 2.81 bits per heavy atom. The molecule has 1 aromatic heterocycles. The van der Waals surface area contributed by atoms with Crippen molar-refractivity contribution in [3.8, 4) is 11.8 Å². The van der Waals surface area contributed by atoms with Crippen molar-refractivity contribution in [2.45, 2.75) is 44.8 Å². The lowest BCUT2D eigenvalue weighted by molar-refractivity contribution is 0.290. The lowest BCUT2D eigenvalue weighted by Gasteiger charge is -2.21. The number of hydrogen-bond acceptors (Lipinski definition) is 3. The van der Waals surface area contributed by atoms with E-state index in [-0.39, 0.29) is 0 Å². The van der Waals surface area contributed by atoms with Crippen LogP contribution in [0.2, 0.25) is 0 Å².